The minimum atomic E-state index is -3.85. The molecule has 0 radical (unpaired) electrons. The maximum atomic E-state index is 12.9. The van der Waals surface area contributed by atoms with Crippen LogP contribution in [0.4, 0.5) is 0 Å². The van der Waals surface area contributed by atoms with Gasteiger partial charge in [-0.15, -0.1) is 0 Å². The van der Waals surface area contributed by atoms with E-state index in [2.05, 4.69) is 30.9 Å². The van der Waals surface area contributed by atoms with E-state index in [4.69, 9.17) is 4.74 Å². The molecule has 1 heterocycles. The largest absolute Gasteiger partial charge is 0.379 e. The molecule has 30 heavy (non-hydrogen) atoms. The Morgan fingerprint density at radius 2 is 1.73 bits per heavy atom. The van der Waals surface area contributed by atoms with E-state index in [-0.39, 0.29) is 17.2 Å². The van der Waals surface area contributed by atoms with Gasteiger partial charge in [0.25, 0.3) is 0 Å². The molecule has 0 spiro atoms. The van der Waals surface area contributed by atoms with Crippen molar-refractivity contribution in [1.82, 2.24) is 14.9 Å². The SMILES string of the molecule is O=C(NCCN1CCOCC1)[C@H](Cc1ccccc1)NS(=O)(=O)c1ccc(Br)cc1. The van der Waals surface area contributed by atoms with Crippen molar-refractivity contribution in [3.8, 4) is 0 Å². The zero-order valence-electron chi connectivity index (χ0n) is 16.6. The number of carbonyl (C=O) groups is 1. The molecule has 2 aromatic rings. The molecule has 0 bridgehead atoms. The lowest BCUT2D eigenvalue weighted by Gasteiger charge is -2.27. The molecule has 3 rings (SSSR count). The van der Waals surface area contributed by atoms with Crippen molar-refractivity contribution < 1.29 is 17.9 Å². The van der Waals surface area contributed by atoms with E-state index in [1.165, 1.54) is 12.1 Å². The van der Waals surface area contributed by atoms with Crippen LogP contribution >= 0.6 is 15.9 Å². The van der Waals surface area contributed by atoms with Gasteiger partial charge < -0.3 is 10.1 Å². The van der Waals surface area contributed by atoms with Crippen LogP contribution in [0.3, 0.4) is 0 Å². The van der Waals surface area contributed by atoms with E-state index in [9.17, 15) is 13.2 Å². The molecule has 2 N–H and O–H groups in total. The van der Waals surface area contributed by atoms with Gasteiger partial charge in [-0.2, -0.15) is 4.72 Å². The Morgan fingerprint density at radius 3 is 2.40 bits per heavy atom. The van der Waals surface area contributed by atoms with Crippen molar-refractivity contribution in [3.05, 3.63) is 64.6 Å². The van der Waals surface area contributed by atoms with Gasteiger partial charge in [-0.3, -0.25) is 9.69 Å². The standard InChI is InChI=1S/C21H26BrN3O4S/c22-18-6-8-19(9-7-18)30(27,28)24-20(16-17-4-2-1-3-5-17)21(26)23-10-11-25-12-14-29-15-13-25/h1-9,20,24H,10-16H2,(H,23,26)/t20-/m0/s1. The van der Waals surface area contributed by atoms with E-state index in [1.807, 2.05) is 30.3 Å². The Bertz CT molecular complexity index is 917. The van der Waals surface area contributed by atoms with Gasteiger partial charge in [-0.25, -0.2) is 8.42 Å². The molecule has 0 aromatic heterocycles. The molecule has 1 aliphatic heterocycles. The van der Waals surface area contributed by atoms with Crippen molar-refractivity contribution >= 4 is 31.9 Å². The van der Waals surface area contributed by atoms with Crippen molar-refractivity contribution in [2.24, 2.45) is 0 Å². The van der Waals surface area contributed by atoms with Gasteiger partial charge in [0.1, 0.15) is 6.04 Å². The predicted molar refractivity (Wildman–Crippen MR) is 119 cm³/mol. The summed E-state index contributed by atoms with van der Waals surface area (Å²) in [6, 6.07) is 14.8. The highest BCUT2D eigenvalue weighted by atomic mass is 79.9. The topological polar surface area (TPSA) is 87.7 Å². The number of sulfonamides is 1. The zero-order valence-corrected chi connectivity index (χ0v) is 19.0. The summed E-state index contributed by atoms with van der Waals surface area (Å²) < 4.78 is 34.4. The highest BCUT2D eigenvalue weighted by Gasteiger charge is 2.26. The van der Waals surface area contributed by atoms with Crippen LogP contribution in [0.1, 0.15) is 5.56 Å². The number of halogens is 1. The number of nitrogens with zero attached hydrogens (tertiary/aromatic N) is 1. The van der Waals surface area contributed by atoms with E-state index < -0.39 is 16.1 Å². The quantitative estimate of drug-likeness (QED) is 0.553. The average molecular weight is 496 g/mol. The first-order chi connectivity index (χ1) is 14.4. The predicted octanol–water partition coefficient (Wildman–Crippen LogP) is 1.79. The molecule has 7 nitrogen and oxygen atoms in total. The number of hydrogen-bond donors (Lipinski definition) is 2. The average Bonchev–Trinajstić information content (AvgIpc) is 2.75. The molecule has 1 atom stereocenters. The molecular formula is C21H26BrN3O4S. The van der Waals surface area contributed by atoms with Gasteiger partial charge >= 0.3 is 0 Å². The number of morpholine rings is 1. The molecule has 1 fully saturated rings. The van der Waals surface area contributed by atoms with Crippen molar-refractivity contribution in [2.45, 2.75) is 17.4 Å². The number of hydrogen-bond acceptors (Lipinski definition) is 5. The first-order valence-corrected chi connectivity index (χ1v) is 12.1. The van der Waals surface area contributed by atoms with Gasteiger partial charge in [0.05, 0.1) is 18.1 Å². The third kappa shape index (κ3) is 6.88. The van der Waals surface area contributed by atoms with Crippen LogP contribution in [0, 0.1) is 0 Å². The Morgan fingerprint density at radius 1 is 1.07 bits per heavy atom. The number of carbonyl (C=O) groups excluding carboxylic acids is 1. The highest BCUT2D eigenvalue weighted by Crippen LogP contribution is 2.15. The number of rotatable bonds is 9. The van der Waals surface area contributed by atoms with Gasteiger partial charge in [-0.05, 0) is 36.2 Å². The van der Waals surface area contributed by atoms with Gasteiger partial charge in [0.15, 0.2) is 0 Å². The summed E-state index contributed by atoms with van der Waals surface area (Å²) in [4.78, 5) is 15.2. The van der Waals surface area contributed by atoms with E-state index in [0.717, 1.165) is 23.1 Å². The van der Waals surface area contributed by atoms with Crippen molar-refractivity contribution in [2.75, 3.05) is 39.4 Å². The lowest BCUT2D eigenvalue weighted by molar-refractivity contribution is -0.122. The summed E-state index contributed by atoms with van der Waals surface area (Å²) in [7, 11) is -3.85. The maximum absolute atomic E-state index is 12.9. The minimum Gasteiger partial charge on any atom is -0.379 e. The number of nitrogens with one attached hydrogen (secondary N) is 2. The molecule has 0 aliphatic carbocycles. The smallest absolute Gasteiger partial charge is 0.241 e. The Balaban J connectivity index is 1.67. The van der Waals surface area contributed by atoms with Gasteiger partial charge in [0.2, 0.25) is 15.9 Å². The molecule has 1 saturated heterocycles. The van der Waals surface area contributed by atoms with E-state index >= 15 is 0 Å². The monoisotopic (exact) mass is 495 g/mol. The number of benzene rings is 2. The fourth-order valence-electron chi connectivity index (χ4n) is 3.19. The Hall–Kier alpha value is -1.78. The van der Waals surface area contributed by atoms with Crippen LogP contribution in [0.2, 0.25) is 0 Å². The van der Waals surface area contributed by atoms with E-state index in [1.54, 1.807) is 12.1 Å². The summed E-state index contributed by atoms with van der Waals surface area (Å²) >= 11 is 3.30. The molecule has 2 aromatic carbocycles. The normalized spacial score (nSPS) is 16.2. The third-order valence-electron chi connectivity index (χ3n) is 4.85. The van der Waals surface area contributed by atoms with Crippen LogP contribution in [-0.4, -0.2) is 64.7 Å². The summed E-state index contributed by atoms with van der Waals surface area (Å²) in [6.45, 7) is 4.20. The van der Waals surface area contributed by atoms with Crippen LogP contribution in [-0.2, 0) is 26.0 Å². The maximum Gasteiger partial charge on any atom is 0.241 e. The molecule has 1 amide bonds. The first kappa shape index (κ1) is 22.9. The summed E-state index contributed by atoms with van der Waals surface area (Å²) in [5.74, 6) is -0.340. The lowest BCUT2D eigenvalue weighted by Crippen LogP contribution is -2.49. The summed E-state index contributed by atoms with van der Waals surface area (Å²) in [5.41, 5.74) is 0.879. The lowest BCUT2D eigenvalue weighted by atomic mass is 10.1. The summed E-state index contributed by atoms with van der Waals surface area (Å²) in [5, 5.41) is 2.88. The second kappa shape index (κ2) is 11.0. The van der Waals surface area contributed by atoms with E-state index in [0.29, 0.717) is 26.3 Å². The van der Waals surface area contributed by atoms with Crippen LogP contribution < -0.4 is 10.0 Å². The number of ether oxygens (including phenoxy) is 1. The van der Waals surface area contributed by atoms with Crippen LogP contribution in [0.15, 0.2) is 64.0 Å². The second-order valence-corrected chi connectivity index (χ2v) is 9.69. The molecule has 0 unspecified atom stereocenters. The number of amides is 1. The fourth-order valence-corrected chi connectivity index (χ4v) is 4.65. The van der Waals surface area contributed by atoms with Crippen LogP contribution in [0.25, 0.3) is 0 Å². The molecule has 162 valence electrons. The highest BCUT2D eigenvalue weighted by molar-refractivity contribution is 9.10. The zero-order chi connectivity index (χ0) is 21.4. The van der Waals surface area contributed by atoms with Gasteiger partial charge in [0, 0.05) is 30.7 Å². The third-order valence-corrected chi connectivity index (χ3v) is 6.87. The second-order valence-electron chi connectivity index (χ2n) is 7.06. The molecule has 0 saturated carbocycles. The molecular weight excluding hydrogens is 470 g/mol. The van der Waals surface area contributed by atoms with Crippen molar-refractivity contribution in [1.29, 1.82) is 0 Å². The summed E-state index contributed by atoms with van der Waals surface area (Å²) in [6.07, 6.45) is 0.264. The van der Waals surface area contributed by atoms with Gasteiger partial charge in [-0.1, -0.05) is 46.3 Å². The first-order valence-electron chi connectivity index (χ1n) is 9.84. The Kier molecular flexibility index (Phi) is 8.41. The Labute approximate surface area is 186 Å². The van der Waals surface area contributed by atoms with Crippen molar-refractivity contribution in [3.63, 3.8) is 0 Å². The fraction of sp³-hybridized carbons (Fsp3) is 0.381. The minimum absolute atomic E-state index is 0.116. The molecule has 1 aliphatic rings. The van der Waals surface area contributed by atoms with Crippen LogP contribution in [0.5, 0.6) is 0 Å². The molecule has 9 heteroatoms.